The van der Waals surface area contributed by atoms with E-state index < -0.39 is 36.9 Å². The van der Waals surface area contributed by atoms with Crippen LogP contribution in [-0.2, 0) is 20.8 Å². The highest BCUT2D eigenvalue weighted by Crippen LogP contribution is 2.30. The fourth-order valence-corrected chi connectivity index (χ4v) is 5.33. The number of carbonyl (C=O) groups excluding carboxylic acids is 3. The van der Waals surface area contributed by atoms with E-state index in [1.54, 1.807) is 24.3 Å². The molecule has 5 aromatic rings. The molecule has 11 nitrogen and oxygen atoms in total. The lowest BCUT2D eigenvalue weighted by atomic mass is 10.0. The Morgan fingerprint density at radius 3 is 2.45 bits per heavy atom. The molecule has 1 aliphatic rings. The third kappa shape index (κ3) is 5.96. The van der Waals surface area contributed by atoms with Crippen molar-refractivity contribution >= 4 is 63.2 Å². The molecule has 1 N–H and O–H groups in total. The summed E-state index contributed by atoms with van der Waals surface area (Å²) in [4.78, 5) is 43.5. The second-order valence-electron chi connectivity index (χ2n) is 9.98. The van der Waals surface area contributed by atoms with Gasteiger partial charge in [0.2, 0.25) is 17.7 Å². The third-order valence-corrected chi connectivity index (χ3v) is 7.51. The van der Waals surface area contributed by atoms with Crippen LogP contribution in [0.2, 0.25) is 10.2 Å². The Hall–Kier alpha value is -4.88. The van der Waals surface area contributed by atoms with E-state index >= 15 is 0 Å². The largest absolute Gasteiger partial charge is 0.333 e. The van der Waals surface area contributed by atoms with Crippen molar-refractivity contribution in [3.63, 3.8) is 0 Å². The van der Waals surface area contributed by atoms with E-state index in [0.29, 0.717) is 37.7 Å². The van der Waals surface area contributed by atoms with E-state index in [2.05, 4.69) is 20.7 Å². The number of alkyl halides is 2. The molecular formula is C29H22Cl2F2N8O3. The molecule has 1 saturated heterocycles. The number of nitrogens with one attached hydrogen (secondary N) is 1. The maximum atomic E-state index is 13.7. The highest BCUT2D eigenvalue weighted by Gasteiger charge is 2.39. The van der Waals surface area contributed by atoms with Crippen molar-refractivity contribution in [3.8, 4) is 5.69 Å². The van der Waals surface area contributed by atoms with Crippen LogP contribution in [0.25, 0.3) is 16.6 Å². The Balaban J connectivity index is 1.28. The minimum absolute atomic E-state index is 0.122. The number of halogens is 4. The van der Waals surface area contributed by atoms with Crippen LogP contribution in [0.5, 0.6) is 0 Å². The number of carbonyl (C=O) groups is 3. The first kappa shape index (κ1) is 29.2. The number of anilines is 2. The van der Waals surface area contributed by atoms with Gasteiger partial charge in [-0.15, -0.1) is 5.10 Å². The summed E-state index contributed by atoms with van der Waals surface area (Å²) in [5, 5.41) is 15.2. The zero-order valence-corrected chi connectivity index (χ0v) is 24.2. The predicted molar refractivity (Wildman–Crippen MR) is 159 cm³/mol. The second-order valence-corrected chi connectivity index (χ2v) is 10.8. The van der Waals surface area contributed by atoms with E-state index in [9.17, 15) is 23.2 Å². The lowest BCUT2D eigenvalue weighted by Crippen LogP contribution is -2.60. The molecule has 6 rings (SSSR count). The van der Waals surface area contributed by atoms with Crippen molar-refractivity contribution in [3.05, 3.63) is 94.9 Å². The molecule has 0 bridgehead atoms. The van der Waals surface area contributed by atoms with Crippen molar-refractivity contribution in [1.29, 1.82) is 0 Å². The lowest BCUT2D eigenvalue weighted by molar-refractivity contribution is -0.143. The Kier molecular flexibility index (Phi) is 7.97. The van der Waals surface area contributed by atoms with Crippen LogP contribution in [-0.4, -0.2) is 66.5 Å². The summed E-state index contributed by atoms with van der Waals surface area (Å²) >= 11 is 12.2. The Morgan fingerprint density at radius 1 is 0.932 bits per heavy atom. The summed E-state index contributed by atoms with van der Waals surface area (Å²) in [7, 11) is 0. The summed E-state index contributed by atoms with van der Waals surface area (Å²) in [6, 6.07) is 17.3. The molecule has 3 aromatic carbocycles. The molecule has 2 aromatic heterocycles. The monoisotopic (exact) mass is 638 g/mol. The van der Waals surface area contributed by atoms with E-state index in [0.717, 1.165) is 5.56 Å². The zero-order valence-electron chi connectivity index (χ0n) is 22.6. The average Bonchev–Trinajstić information content (AvgIpc) is 3.63. The zero-order chi connectivity index (χ0) is 31.0. The van der Waals surface area contributed by atoms with Gasteiger partial charge in [-0.1, -0.05) is 58.7 Å². The maximum absolute atomic E-state index is 13.7. The molecule has 0 aliphatic carbocycles. The van der Waals surface area contributed by atoms with Gasteiger partial charge in [0.15, 0.2) is 5.15 Å². The number of nitrogens with zero attached hydrogens (tertiary/aromatic N) is 7. The molecule has 1 aliphatic heterocycles. The van der Waals surface area contributed by atoms with Gasteiger partial charge in [-0.05, 0) is 42.0 Å². The van der Waals surface area contributed by atoms with E-state index in [4.69, 9.17) is 23.2 Å². The van der Waals surface area contributed by atoms with Crippen molar-refractivity contribution < 1.29 is 23.2 Å². The average molecular weight is 639 g/mol. The fourth-order valence-electron chi connectivity index (χ4n) is 5.03. The van der Waals surface area contributed by atoms with Gasteiger partial charge in [0.05, 0.1) is 23.1 Å². The van der Waals surface area contributed by atoms with Crippen molar-refractivity contribution in [2.45, 2.75) is 19.0 Å². The lowest BCUT2D eigenvalue weighted by Gasteiger charge is -2.38. The van der Waals surface area contributed by atoms with E-state index in [1.165, 1.54) is 51.1 Å². The molecule has 224 valence electrons. The number of aromatic nitrogens is 5. The van der Waals surface area contributed by atoms with Gasteiger partial charge in [0.1, 0.15) is 19.1 Å². The van der Waals surface area contributed by atoms with Crippen LogP contribution in [0.3, 0.4) is 0 Å². The van der Waals surface area contributed by atoms with Gasteiger partial charge < -0.3 is 10.2 Å². The van der Waals surface area contributed by atoms with Crippen LogP contribution >= 0.6 is 23.2 Å². The van der Waals surface area contributed by atoms with Crippen LogP contribution in [0.15, 0.2) is 79.1 Å². The van der Waals surface area contributed by atoms with Crippen molar-refractivity contribution in [2.75, 3.05) is 23.3 Å². The number of amides is 3. The van der Waals surface area contributed by atoms with Crippen LogP contribution in [0, 0.1) is 0 Å². The molecule has 15 heteroatoms. The van der Waals surface area contributed by atoms with Crippen LogP contribution in [0.1, 0.15) is 12.1 Å². The van der Waals surface area contributed by atoms with Gasteiger partial charge in [0, 0.05) is 28.7 Å². The third-order valence-electron chi connectivity index (χ3n) is 7.10. The minimum Gasteiger partial charge on any atom is -0.324 e. The first-order chi connectivity index (χ1) is 21.2. The van der Waals surface area contributed by atoms with E-state index in [1.807, 2.05) is 18.2 Å². The quantitative estimate of drug-likeness (QED) is 0.262. The summed E-state index contributed by atoms with van der Waals surface area (Å²) in [6.45, 7) is -3.57. The summed E-state index contributed by atoms with van der Waals surface area (Å²) in [5.41, 5.74) is 2.16. The Bertz CT molecular complexity index is 1880. The number of rotatable bonds is 8. The number of hydrogen-bond acceptors (Lipinski definition) is 6. The summed E-state index contributed by atoms with van der Waals surface area (Å²) < 4.78 is 28.1. The normalized spacial score (nSPS) is 14.5. The van der Waals surface area contributed by atoms with Crippen LogP contribution in [0.4, 0.5) is 20.2 Å². The molecule has 0 spiro atoms. The number of hydrogen-bond donors (Lipinski definition) is 1. The molecular weight excluding hydrogens is 617 g/mol. The van der Waals surface area contributed by atoms with E-state index in [-0.39, 0.29) is 18.1 Å². The molecule has 0 radical (unpaired) electrons. The van der Waals surface area contributed by atoms with Crippen LogP contribution < -0.4 is 10.2 Å². The SMILES string of the molecule is O=C(Nc1ccc2nn(C(F)F)cc2c1)[C@H](Cc1ccccc1)N1CC(=O)N(c2cc(Cl)ccc2-n2cc(Cl)nn2)CC1=O. The highest BCUT2D eigenvalue weighted by molar-refractivity contribution is 6.31. The minimum atomic E-state index is -2.81. The number of piperazine rings is 1. The molecule has 3 amide bonds. The Morgan fingerprint density at radius 2 is 1.73 bits per heavy atom. The smallest absolute Gasteiger partial charge is 0.324 e. The second kappa shape index (κ2) is 12.0. The molecule has 1 fully saturated rings. The number of benzene rings is 3. The van der Waals surface area contributed by atoms with Gasteiger partial charge in [-0.25, -0.2) is 9.36 Å². The molecule has 1 atom stereocenters. The van der Waals surface area contributed by atoms with Crippen molar-refractivity contribution in [1.82, 2.24) is 29.7 Å². The predicted octanol–water partition coefficient (Wildman–Crippen LogP) is 4.74. The molecule has 44 heavy (non-hydrogen) atoms. The summed E-state index contributed by atoms with van der Waals surface area (Å²) in [6.07, 6.45) is 2.75. The van der Waals surface area contributed by atoms with Gasteiger partial charge in [-0.3, -0.25) is 19.3 Å². The molecule has 0 unspecified atom stereocenters. The Labute approximate surface area is 258 Å². The van der Waals surface area contributed by atoms with Crippen molar-refractivity contribution in [2.24, 2.45) is 0 Å². The van der Waals surface area contributed by atoms with Gasteiger partial charge in [-0.2, -0.15) is 13.9 Å². The summed E-state index contributed by atoms with van der Waals surface area (Å²) in [5.74, 6) is -1.48. The standard InChI is InChI=1S/C29H22Cl2F2N8O3/c30-19-6-9-22(40-14-25(31)35-37-40)23(12-19)38-15-27(43)39(16-26(38)42)24(10-17-4-2-1-3-5-17)28(44)34-20-7-8-21-18(11-20)13-41(36-21)29(32)33/h1-9,11-14,24,29H,10,15-16H2,(H,34,44)/t24-/m0/s1. The topological polar surface area (TPSA) is 118 Å². The highest BCUT2D eigenvalue weighted by atomic mass is 35.5. The number of fused-ring (bicyclic) bond motifs is 1. The molecule has 0 saturated carbocycles. The van der Waals surface area contributed by atoms with Gasteiger partial charge >= 0.3 is 6.55 Å². The maximum Gasteiger partial charge on any atom is 0.333 e. The first-order valence-corrected chi connectivity index (χ1v) is 14.0. The fraction of sp³-hybridized carbons (Fsp3) is 0.172. The molecule has 3 heterocycles. The first-order valence-electron chi connectivity index (χ1n) is 13.3. The van der Waals surface area contributed by atoms with Gasteiger partial charge in [0.25, 0.3) is 0 Å².